The van der Waals surface area contributed by atoms with Crippen molar-refractivity contribution in [2.45, 2.75) is 32.7 Å². The summed E-state index contributed by atoms with van der Waals surface area (Å²) in [5, 5.41) is 12.6. The van der Waals surface area contributed by atoms with Crippen molar-refractivity contribution in [2.75, 3.05) is 33.3 Å². The van der Waals surface area contributed by atoms with Gasteiger partial charge in [-0.05, 0) is 51.0 Å². The molecule has 0 fully saturated rings. The highest BCUT2D eigenvalue weighted by atomic mass is 16.3. The van der Waals surface area contributed by atoms with Gasteiger partial charge in [-0.1, -0.05) is 31.2 Å². The molecule has 0 bridgehead atoms. The van der Waals surface area contributed by atoms with Crippen LogP contribution in [0.1, 0.15) is 36.9 Å². The maximum absolute atomic E-state index is 8.95. The van der Waals surface area contributed by atoms with Gasteiger partial charge in [-0.25, -0.2) is 0 Å². The summed E-state index contributed by atoms with van der Waals surface area (Å²) < 4.78 is 0. The van der Waals surface area contributed by atoms with Crippen LogP contribution in [0.4, 0.5) is 0 Å². The van der Waals surface area contributed by atoms with Gasteiger partial charge in [0.1, 0.15) is 0 Å². The number of hydrogen-bond acceptors (Lipinski definition) is 3. The molecule has 0 saturated heterocycles. The first-order valence-electron chi connectivity index (χ1n) is 7.27. The Balaban J connectivity index is 2.64. The SMILES string of the molecule is CCCNC(CCN(C)CCO)c1ccccc1C. The van der Waals surface area contributed by atoms with E-state index in [0.717, 1.165) is 32.5 Å². The van der Waals surface area contributed by atoms with Crippen molar-refractivity contribution in [1.29, 1.82) is 0 Å². The molecular weight excluding hydrogens is 236 g/mol. The average Bonchev–Trinajstić information content (AvgIpc) is 2.40. The molecule has 1 atom stereocenters. The maximum atomic E-state index is 8.95. The Bertz CT molecular complexity index is 354. The van der Waals surface area contributed by atoms with Crippen LogP contribution in [0.15, 0.2) is 24.3 Å². The standard InChI is InChI=1S/C16H28N2O/c1-4-10-17-16(9-11-18(3)12-13-19)15-8-6-5-7-14(15)2/h5-8,16-17,19H,4,9-13H2,1-3H3. The van der Waals surface area contributed by atoms with Crippen LogP contribution in [0.25, 0.3) is 0 Å². The number of nitrogens with zero attached hydrogens (tertiary/aromatic N) is 1. The van der Waals surface area contributed by atoms with E-state index in [1.165, 1.54) is 11.1 Å². The average molecular weight is 264 g/mol. The molecule has 1 aromatic carbocycles. The van der Waals surface area contributed by atoms with E-state index in [1.54, 1.807) is 0 Å². The van der Waals surface area contributed by atoms with Crippen LogP contribution < -0.4 is 5.32 Å². The Kier molecular flexibility index (Phi) is 7.72. The van der Waals surface area contributed by atoms with Crippen molar-refractivity contribution in [2.24, 2.45) is 0 Å². The van der Waals surface area contributed by atoms with Gasteiger partial charge in [-0.15, -0.1) is 0 Å². The van der Waals surface area contributed by atoms with Crippen molar-refractivity contribution < 1.29 is 5.11 Å². The van der Waals surface area contributed by atoms with Crippen LogP contribution in [0.3, 0.4) is 0 Å². The highest BCUT2D eigenvalue weighted by Crippen LogP contribution is 2.20. The van der Waals surface area contributed by atoms with Crippen LogP contribution in [0.2, 0.25) is 0 Å². The van der Waals surface area contributed by atoms with E-state index in [-0.39, 0.29) is 6.61 Å². The van der Waals surface area contributed by atoms with Crippen molar-refractivity contribution >= 4 is 0 Å². The Hall–Kier alpha value is -0.900. The number of hydrogen-bond donors (Lipinski definition) is 2. The minimum absolute atomic E-state index is 0.230. The number of aliphatic hydroxyl groups is 1. The van der Waals surface area contributed by atoms with Crippen LogP contribution in [-0.4, -0.2) is 43.3 Å². The summed E-state index contributed by atoms with van der Waals surface area (Å²) in [6.45, 7) is 7.38. The van der Waals surface area contributed by atoms with Crippen LogP contribution in [0.5, 0.6) is 0 Å². The smallest absolute Gasteiger partial charge is 0.0558 e. The third-order valence-corrected chi connectivity index (χ3v) is 3.49. The summed E-state index contributed by atoms with van der Waals surface area (Å²) in [6.07, 6.45) is 2.22. The van der Waals surface area contributed by atoms with Crippen LogP contribution in [-0.2, 0) is 0 Å². The van der Waals surface area contributed by atoms with E-state index in [0.29, 0.717) is 6.04 Å². The Morgan fingerprint density at radius 1 is 1.26 bits per heavy atom. The third kappa shape index (κ3) is 5.72. The van der Waals surface area contributed by atoms with Gasteiger partial charge in [-0.3, -0.25) is 0 Å². The van der Waals surface area contributed by atoms with Gasteiger partial charge < -0.3 is 15.3 Å². The Morgan fingerprint density at radius 2 is 2.00 bits per heavy atom. The van der Waals surface area contributed by atoms with Crippen molar-refractivity contribution in [3.63, 3.8) is 0 Å². The fraction of sp³-hybridized carbons (Fsp3) is 0.625. The number of aryl methyl sites for hydroxylation is 1. The molecule has 0 aromatic heterocycles. The van der Waals surface area contributed by atoms with Gasteiger partial charge in [0.15, 0.2) is 0 Å². The molecule has 1 aromatic rings. The molecule has 0 amide bonds. The number of aliphatic hydroxyl groups excluding tert-OH is 1. The molecule has 2 N–H and O–H groups in total. The molecule has 0 saturated carbocycles. The molecule has 0 aliphatic carbocycles. The lowest BCUT2D eigenvalue weighted by atomic mass is 9.98. The second-order valence-electron chi connectivity index (χ2n) is 5.18. The molecule has 19 heavy (non-hydrogen) atoms. The Morgan fingerprint density at radius 3 is 2.63 bits per heavy atom. The zero-order valence-electron chi connectivity index (χ0n) is 12.5. The first-order valence-corrected chi connectivity index (χ1v) is 7.27. The second kappa shape index (κ2) is 9.08. The summed E-state index contributed by atoms with van der Waals surface area (Å²) in [5.74, 6) is 0. The zero-order chi connectivity index (χ0) is 14.1. The Labute approximate surface area is 117 Å². The molecule has 3 heteroatoms. The number of likely N-dealkylation sites (N-methyl/N-ethyl adjacent to an activating group) is 1. The largest absolute Gasteiger partial charge is 0.395 e. The minimum atomic E-state index is 0.230. The van der Waals surface area contributed by atoms with E-state index < -0.39 is 0 Å². The van der Waals surface area contributed by atoms with E-state index >= 15 is 0 Å². The summed E-state index contributed by atoms with van der Waals surface area (Å²) in [7, 11) is 2.06. The van der Waals surface area contributed by atoms with Gasteiger partial charge in [0, 0.05) is 12.6 Å². The number of rotatable bonds is 9. The zero-order valence-corrected chi connectivity index (χ0v) is 12.5. The topological polar surface area (TPSA) is 35.5 Å². The maximum Gasteiger partial charge on any atom is 0.0558 e. The molecule has 108 valence electrons. The normalized spacial score (nSPS) is 12.9. The van der Waals surface area contributed by atoms with E-state index in [9.17, 15) is 0 Å². The van der Waals surface area contributed by atoms with Gasteiger partial charge in [0.05, 0.1) is 6.61 Å². The first-order chi connectivity index (χ1) is 9.19. The van der Waals surface area contributed by atoms with Crippen molar-refractivity contribution in [3.8, 4) is 0 Å². The van der Waals surface area contributed by atoms with Crippen LogP contribution >= 0.6 is 0 Å². The fourth-order valence-electron chi connectivity index (χ4n) is 2.30. The van der Waals surface area contributed by atoms with E-state index in [2.05, 4.69) is 55.4 Å². The lowest BCUT2D eigenvalue weighted by molar-refractivity contribution is 0.215. The monoisotopic (exact) mass is 264 g/mol. The summed E-state index contributed by atoms with van der Waals surface area (Å²) in [5.41, 5.74) is 2.74. The molecule has 0 aliphatic rings. The third-order valence-electron chi connectivity index (χ3n) is 3.49. The minimum Gasteiger partial charge on any atom is -0.395 e. The second-order valence-corrected chi connectivity index (χ2v) is 5.18. The molecule has 1 rings (SSSR count). The van der Waals surface area contributed by atoms with E-state index in [1.807, 2.05) is 0 Å². The summed E-state index contributed by atoms with van der Waals surface area (Å²) in [4.78, 5) is 2.18. The van der Waals surface area contributed by atoms with Crippen molar-refractivity contribution in [1.82, 2.24) is 10.2 Å². The van der Waals surface area contributed by atoms with Gasteiger partial charge in [-0.2, -0.15) is 0 Å². The van der Waals surface area contributed by atoms with Crippen LogP contribution in [0, 0.1) is 6.92 Å². The highest BCUT2D eigenvalue weighted by molar-refractivity contribution is 5.28. The van der Waals surface area contributed by atoms with Gasteiger partial charge in [0.25, 0.3) is 0 Å². The predicted molar refractivity (Wildman–Crippen MR) is 81.4 cm³/mol. The fourth-order valence-corrected chi connectivity index (χ4v) is 2.30. The summed E-state index contributed by atoms with van der Waals surface area (Å²) in [6, 6.07) is 9.00. The molecular formula is C16H28N2O. The first kappa shape index (κ1) is 16.2. The van der Waals surface area contributed by atoms with Crippen molar-refractivity contribution in [3.05, 3.63) is 35.4 Å². The lowest BCUT2D eigenvalue weighted by Crippen LogP contribution is -2.29. The molecule has 0 heterocycles. The highest BCUT2D eigenvalue weighted by Gasteiger charge is 2.13. The molecule has 1 unspecified atom stereocenters. The molecule has 0 aliphatic heterocycles. The number of benzene rings is 1. The molecule has 0 spiro atoms. The molecule has 0 radical (unpaired) electrons. The molecule has 3 nitrogen and oxygen atoms in total. The van der Waals surface area contributed by atoms with Gasteiger partial charge >= 0.3 is 0 Å². The van der Waals surface area contributed by atoms with E-state index in [4.69, 9.17) is 5.11 Å². The lowest BCUT2D eigenvalue weighted by Gasteiger charge is -2.24. The summed E-state index contributed by atoms with van der Waals surface area (Å²) >= 11 is 0. The quantitative estimate of drug-likeness (QED) is 0.718. The predicted octanol–water partition coefficient (Wildman–Crippen LogP) is 2.35. The number of nitrogens with one attached hydrogen (secondary N) is 1. The van der Waals surface area contributed by atoms with Gasteiger partial charge in [0.2, 0.25) is 0 Å².